The molecule has 120 valence electrons. The van der Waals surface area contributed by atoms with Crippen LogP contribution in [0.15, 0.2) is 41.3 Å². The van der Waals surface area contributed by atoms with Gasteiger partial charge in [0.1, 0.15) is 0 Å². The van der Waals surface area contributed by atoms with Crippen LogP contribution in [0.5, 0.6) is 0 Å². The zero-order valence-corrected chi connectivity index (χ0v) is 14.8. The lowest BCUT2D eigenvalue weighted by Gasteiger charge is -2.10. The minimum atomic E-state index is -3.54. The van der Waals surface area contributed by atoms with Gasteiger partial charge in [-0.1, -0.05) is 6.07 Å². The second kappa shape index (κ2) is 5.90. The number of sulfone groups is 1. The molecular weight excluding hydrogens is 330 g/mol. The second-order valence-electron chi connectivity index (χ2n) is 5.55. The molecule has 0 spiro atoms. The summed E-state index contributed by atoms with van der Waals surface area (Å²) in [6, 6.07) is 5.95. The van der Waals surface area contributed by atoms with E-state index in [-0.39, 0.29) is 10.9 Å². The molecule has 1 aromatic carbocycles. The van der Waals surface area contributed by atoms with Gasteiger partial charge in [0.15, 0.2) is 0 Å². The molecular formula is C16H17N3O2S2. The minimum absolute atomic E-state index is 0.0651. The van der Waals surface area contributed by atoms with Crippen molar-refractivity contribution < 1.29 is 8.42 Å². The van der Waals surface area contributed by atoms with E-state index in [2.05, 4.69) is 16.0 Å². The van der Waals surface area contributed by atoms with Crippen molar-refractivity contribution >= 4 is 21.2 Å². The summed E-state index contributed by atoms with van der Waals surface area (Å²) in [5, 5.41) is 0.0651. The molecule has 0 amide bonds. The number of thiazole rings is 1. The van der Waals surface area contributed by atoms with Crippen molar-refractivity contribution in [2.45, 2.75) is 31.7 Å². The summed E-state index contributed by atoms with van der Waals surface area (Å²) in [4.78, 5) is 8.96. The standard InChI is InChI=1S/C16H17N3O2S2/c1-11-6-12(2)8-14(7-11)19-5-4-17-16(19)23(20,21)9-15-13(3)18-10-22-15/h4-8,10H,9H2,1-3H3. The van der Waals surface area contributed by atoms with Crippen molar-refractivity contribution in [1.82, 2.24) is 14.5 Å². The van der Waals surface area contributed by atoms with Crippen LogP contribution in [-0.2, 0) is 15.6 Å². The molecule has 0 N–H and O–H groups in total. The number of hydrogen-bond donors (Lipinski definition) is 0. The summed E-state index contributed by atoms with van der Waals surface area (Å²) in [6.07, 6.45) is 3.20. The van der Waals surface area contributed by atoms with Crippen LogP contribution >= 0.6 is 11.3 Å². The molecule has 2 heterocycles. The monoisotopic (exact) mass is 347 g/mol. The largest absolute Gasteiger partial charge is 0.291 e. The van der Waals surface area contributed by atoms with Crippen LogP contribution in [0, 0.1) is 20.8 Å². The molecule has 0 radical (unpaired) electrons. The molecule has 0 fully saturated rings. The third-order valence-corrected chi connectivity index (χ3v) is 6.18. The lowest BCUT2D eigenvalue weighted by Crippen LogP contribution is -2.12. The Morgan fingerprint density at radius 1 is 1.09 bits per heavy atom. The fourth-order valence-corrected chi connectivity index (χ4v) is 5.18. The van der Waals surface area contributed by atoms with Crippen LogP contribution < -0.4 is 0 Å². The SMILES string of the molecule is Cc1cc(C)cc(-n2ccnc2S(=O)(=O)Cc2scnc2C)c1. The van der Waals surface area contributed by atoms with Crippen molar-refractivity contribution in [3.05, 3.63) is 57.8 Å². The normalized spacial score (nSPS) is 11.8. The summed E-state index contributed by atoms with van der Waals surface area (Å²) >= 11 is 1.35. The van der Waals surface area contributed by atoms with Crippen molar-refractivity contribution in [2.24, 2.45) is 0 Å². The van der Waals surface area contributed by atoms with Crippen LogP contribution in [0.1, 0.15) is 21.7 Å². The number of nitrogens with zero attached hydrogens (tertiary/aromatic N) is 3. The average molecular weight is 347 g/mol. The lowest BCUT2D eigenvalue weighted by molar-refractivity contribution is 0.583. The fraction of sp³-hybridized carbons (Fsp3) is 0.250. The van der Waals surface area contributed by atoms with Gasteiger partial charge in [-0.05, 0) is 44.0 Å². The van der Waals surface area contributed by atoms with E-state index in [4.69, 9.17) is 0 Å². The van der Waals surface area contributed by atoms with Crippen LogP contribution in [0.4, 0.5) is 0 Å². The number of rotatable bonds is 4. The molecule has 0 aliphatic rings. The maximum absolute atomic E-state index is 12.8. The van der Waals surface area contributed by atoms with E-state index in [0.29, 0.717) is 0 Å². The Morgan fingerprint density at radius 2 is 1.78 bits per heavy atom. The Morgan fingerprint density at radius 3 is 2.39 bits per heavy atom. The number of aromatic nitrogens is 3. The van der Waals surface area contributed by atoms with Gasteiger partial charge >= 0.3 is 0 Å². The maximum atomic E-state index is 12.8. The highest BCUT2D eigenvalue weighted by molar-refractivity contribution is 7.90. The van der Waals surface area contributed by atoms with Crippen LogP contribution in [0.25, 0.3) is 5.69 Å². The smallest absolute Gasteiger partial charge is 0.232 e. The van der Waals surface area contributed by atoms with Gasteiger partial charge in [0, 0.05) is 23.0 Å². The van der Waals surface area contributed by atoms with Crippen LogP contribution in [-0.4, -0.2) is 23.0 Å². The first kappa shape index (κ1) is 15.9. The molecule has 0 unspecified atom stereocenters. The van der Waals surface area contributed by atoms with E-state index in [1.54, 1.807) is 16.3 Å². The third-order valence-electron chi connectivity index (χ3n) is 3.54. The highest BCUT2D eigenvalue weighted by atomic mass is 32.2. The summed E-state index contributed by atoms with van der Waals surface area (Å²) < 4.78 is 27.2. The molecule has 7 heteroatoms. The molecule has 0 aliphatic carbocycles. The Hall–Kier alpha value is -1.99. The Balaban J connectivity index is 2.05. The van der Waals surface area contributed by atoms with Crippen molar-refractivity contribution in [1.29, 1.82) is 0 Å². The zero-order chi connectivity index (χ0) is 16.6. The maximum Gasteiger partial charge on any atom is 0.232 e. The Bertz CT molecular complexity index is 935. The number of imidazole rings is 1. The minimum Gasteiger partial charge on any atom is -0.291 e. The van der Waals surface area contributed by atoms with Gasteiger partial charge in [0.2, 0.25) is 15.0 Å². The predicted octanol–water partition coefficient (Wildman–Crippen LogP) is 3.23. The average Bonchev–Trinajstić information content (AvgIpc) is 3.07. The van der Waals surface area contributed by atoms with Gasteiger partial charge in [-0.25, -0.2) is 18.4 Å². The molecule has 3 aromatic rings. The topological polar surface area (TPSA) is 64.8 Å². The molecule has 2 aromatic heterocycles. The highest BCUT2D eigenvalue weighted by Gasteiger charge is 2.24. The quantitative estimate of drug-likeness (QED) is 0.727. The summed E-state index contributed by atoms with van der Waals surface area (Å²) in [5.41, 5.74) is 5.38. The Kier molecular flexibility index (Phi) is 4.08. The molecule has 0 saturated heterocycles. The van der Waals surface area contributed by atoms with E-state index in [1.807, 2.05) is 32.9 Å². The van der Waals surface area contributed by atoms with Gasteiger partial charge in [0.05, 0.1) is 17.0 Å². The third kappa shape index (κ3) is 3.20. The summed E-state index contributed by atoms with van der Waals surface area (Å²) in [6.45, 7) is 5.79. The number of hydrogen-bond acceptors (Lipinski definition) is 5. The van der Waals surface area contributed by atoms with Gasteiger partial charge in [-0.2, -0.15) is 0 Å². The van der Waals surface area contributed by atoms with Crippen molar-refractivity contribution in [3.63, 3.8) is 0 Å². The Labute approximate surface area is 139 Å². The highest BCUT2D eigenvalue weighted by Crippen LogP contribution is 2.23. The lowest BCUT2D eigenvalue weighted by atomic mass is 10.1. The van der Waals surface area contributed by atoms with Crippen molar-refractivity contribution in [3.8, 4) is 5.69 Å². The summed E-state index contributed by atoms with van der Waals surface area (Å²) in [5.74, 6) is -0.0781. The first-order valence-corrected chi connectivity index (χ1v) is 9.64. The van der Waals surface area contributed by atoms with E-state index in [9.17, 15) is 8.42 Å². The second-order valence-corrected chi connectivity index (χ2v) is 8.37. The molecule has 23 heavy (non-hydrogen) atoms. The molecule has 0 bridgehead atoms. The molecule has 3 rings (SSSR count). The number of benzene rings is 1. The van der Waals surface area contributed by atoms with Gasteiger partial charge in [-0.15, -0.1) is 11.3 Å². The van der Waals surface area contributed by atoms with Gasteiger partial charge in [0.25, 0.3) is 0 Å². The summed E-state index contributed by atoms with van der Waals surface area (Å²) in [7, 11) is -3.54. The van der Waals surface area contributed by atoms with E-state index in [1.165, 1.54) is 17.5 Å². The number of aryl methyl sites for hydroxylation is 3. The predicted molar refractivity (Wildman–Crippen MR) is 90.8 cm³/mol. The molecule has 0 atom stereocenters. The zero-order valence-electron chi connectivity index (χ0n) is 13.1. The van der Waals surface area contributed by atoms with Crippen LogP contribution in [0.3, 0.4) is 0 Å². The fourth-order valence-electron chi connectivity index (χ4n) is 2.51. The first-order chi connectivity index (χ1) is 10.9. The van der Waals surface area contributed by atoms with Crippen molar-refractivity contribution in [2.75, 3.05) is 0 Å². The molecule has 0 aliphatic heterocycles. The van der Waals surface area contributed by atoms with E-state index < -0.39 is 9.84 Å². The van der Waals surface area contributed by atoms with E-state index >= 15 is 0 Å². The first-order valence-electron chi connectivity index (χ1n) is 7.10. The van der Waals surface area contributed by atoms with Gasteiger partial charge < -0.3 is 0 Å². The van der Waals surface area contributed by atoms with E-state index in [0.717, 1.165) is 27.4 Å². The van der Waals surface area contributed by atoms with Crippen LogP contribution in [0.2, 0.25) is 0 Å². The van der Waals surface area contributed by atoms with Gasteiger partial charge in [-0.3, -0.25) is 4.57 Å². The molecule has 0 saturated carbocycles. The molecule has 5 nitrogen and oxygen atoms in total.